The average Bonchev–Trinajstić information content (AvgIpc) is 2.57. The van der Waals surface area contributed by atoms with Gasteiger partial charge in [-0.05, 0) is 29.8 Å². The molecule has 4 N–H and O–H groups in total. The number of carbonyl (C=O) groups excluding carboxylic acids is 2. The van der Waals surface area contributed by atoms with Gasteiger partial charge in [0.25, 0.3) is 0 Å². The molecule has 128 valence electrons. The topological polar surface area (TPSA) is 90.5 Å². The van der Waals surface area contributed by atoms with Gasteiger partial charge < -0.3 is 21.1 Å². The summed E-state index contributed by atoms with van der Waals surface area (Å²) < 4.78 is 13.8. The predicted molar refractivity (Wildman–Crippen MR) is 90.2 cm³/mol. The number of para-hydroxylation sites is 1. The molecule has 0 aromatic heterocycles. The van der Waals surface area contributed by atoms with Crippen LogP contribution in [0.3, 0.4) is 0 Å². The molecule has 0 aliphatic carbocycles. The second-order valence-corrected chi connectivity index (χ2v) is 5.64. The van der Waals surface area contributed by atoms with Crippen molar-refractivity contribution in [2.75, 3.05) is 5.32 Å². The summed E-state index contributed by atoms with van der Waals surface area (Å²) in [5, 5.41) is 17.1. The SMILES string of the molecule is C=C1NC(=O)N[C@@H](c2ccc(O)cc2)[C@@H]1C(=O)Nc1ccccc1F. The lowest BCUT2D eigenvalue weighted by Crippen LogP contribution is -2.51. The number of halogens is 1. The maximum Gasteiger partial charge on any atom is 0.319 e. The van der Waals surface area contributed by atoms with Gasteiger partial charge in [0.2, 0.25) is 5.91 Å². The Balaban J connectivity index is 1.90. The predicted octanol–water partition coefficient (Wildman–Crippen LogP) is 2.65. The van der Waals surface area contributed by atoms with Gasteiger partial charge in [-0.25, -0.2) is 9.18 Å². The first-order valence-corrected chi connectivity index (χ1v) is 7.56. The van der Waals surface area contributed by atoms with E-state index in [0.717, 1.165) is 0 Å². The molecule has 0 spiro atoms. The van der Waals surface area contributed by atoms with E-state index in [1.54, 1.807) is 18.2 Å². The molecule has 2 atom stereocenters. The largest absolute Gasteiger partial charge is 0.508 e. The highest BCUT2D eigenvalue weighted by Gasteiger charge is 2.38. The van der Waals surface area contributed by atoms with E-state index < -0.39 is 29.7 Å². The molecule has 0 unspecified atom stereocenters. The number of phenols is 1. The summed E-state index contributed by atoms with van der Waals surface area (Å²) in [5.41, 5.74) is 0.861. The van der Waals surface area contributed by atoms with Gasteiger partial charge in [0.05, 0.1) is 11.7 Å². The van der Waals surface area contributed by atoms with Crippen molar-refractivity contribution in [1.82, 2.24) is 10.6 Å². The van der Waals surface area contributed by atoms with Gasteiger partial charge in [0.1, 0.15) is 17.5 Å². The van der Waals surface area contributed by atoms with Crippen LogP contribution in [0.25, 0.3) is 0 Å². The van der Waals surface area contributed by atoms with E-state index in [9.17, 15) is 19.1 Å². The lowest BCUT2D eigenvalue weighted by Gasteiger charge is -2.33. The van der Waals surface area contributed by atoms with Crippen molar-refractivity contribution >= 4 is 17.6 Å². The second-order valence-electron chi connectivity index (χ2n) is 5.64. The van der Waals surface area contributed by atoms with Crippen molar-refractivity contribution in [2.45, 2.75) is 6.04 Å². The zero-order valence-corrected chi connectivity index (χ0v) is 13.1. The molecule has 1 aliphatic heterocycles. The summed E-state index contributed by atoms with van der Waals surface area (Å²) in [6.45, 7) is 3.75. The van der Waals surface area contributed by atoms with Crippen LogP contribution in [-0.2, 0) is 4.79 Å². The normalized spacial score (nSPS) is 19.7. The molecule has 3 rings (SSSR count). The molecule has 1 aliphatic rings. The first kappa shape index (κ1) is 16.5. The number of hydrogen-bond donors (Lipinski definition) is 4. The first-order valence-electron chi connectivity index (χ1n) is 7.56. The number of phenolic OH excluding ortho intramolecular Hbond substituents is 1. The summed E-state index contributed by atoms with van der Waals surface area (Å²) in [5.74, 6) is -1.87. The molecular formula is C18H16FN3O3. The number of urea groups is 1. The van der Waals surface area contributed by atoms with Gasteiger partial charge >= 0.3 is 6.03 Å². The fourth-order valence-corrected chi connectivity index (χ4v) is 2.73. The van der Waals surface area contributed by atoms with E-state index in [2.05, 4.69) is 22.5 Å². The number of aromatic hydroxyl groups is 1. The molecule has 1 fully saturated rings. The molecule has 0 bridgehead atoms. The number of rotatable bonds is 3. The van der Waals surface area contributed by atoms with E-state index in [4.69, 9.17) is 0 Å². The molecular weight excluding hydrogens is 325 g/mol. The van der Waals surface area contributed by atoms with Gasteiger partial charge in [-0.1, -0.05) is 30.8 Å². The van der Waals surface area contributed by atoms with Crippen LogP contribution in [0.4, 0.5) is 14.9 Å². The molecule has 25 heavy (non-hydrogen) atoms. The van der Waals surface area contributed by atoms with Gasteiger partial charge in [-0.3, -0.25) is 4.79 Å². The van der Waals surface area contributed by atoms with E-state index in [0.29, 0.717) is 5.56 Å². The van der Waals surface area contributed by atoms with Crippen LogP contribution in [0.1, 0.15) is 11.6 Å². The molecule has 7 heteroatoms. The molecule has 2 aromatic rings. The van der Waals surface area contributed by atoms with Crippen LogP contribution in [0.5, 0.6) is 5.75 Å². The van der Waals surface area contributed by atoms with E-state index in [1.807, 2.05) is 0 Å². The highest BCUT2D eigenvalue weighted by atomic mass is 19.1. The Morgan fingerprint density at radius 1 is 1.16 bits per heavy atom. The molecule has 1 saturated heterocycles. The minimum absolute atomic E-state index is 0.0432. The van der Waals surface area contributed by atoms with Gasteiger partial charge in [0.15, 0.2) is 0 Å². The van der Waals surface area contributed by atoms with Crippen LogP contribution < -0.4 is 16.0 Å². The van der Waals surface area contributed by atoms with Crippen molar-refractivity contribution in [3.05, 3.63) is 72.2 Å². The van der Waals surface area contributed by atoms with Gasteiger partial charge in [-0.2, -0.15) is 0 Å². The summed E-state index contributed by atoms with van der Waals surface area (Å²) in [7, 11) is 0. The minimum Gasteiger partial charge on any atom is -0.508 e. The molecule has 0 radical (unpaired) electrons. The summed E-state index contributed by atoms with van der Waals surface area (Å²) in [4.78, 5) is 24.5. The Labute approximate surface area is 143 Å². The van der Waals surface area contributed by atoms with Gasteiger partial charge in [-0.15, -0.1) is 0 Å². The van der Waals surface area contributed by atoms with E-state index in [-0.39, 0.29) is 17.1 Å². The molecule has 6 nitrogen and oxygen atoms in total. The standard InChI is InChI=1S/C18H16FN3O3/c1-10-15(17(24)21-14-5-3-2-4-13(14)19)16(22-18(25)20-10)11-6-8-12(23)9-7-11/h2-9,15-16,23H,1H2,(H,21,24)(H2,20,22,25)/t15-,16+/m1/s1. The summed E-state index contributed by atoms with van der Waals surface area (Å²) >= 11 is 0. The molecule has 3 amide bonds. The third kappa shape index (κ3) is 3.45. The van der Waals surface area contributed by atoms with Crippen molar-refractivity contribution in [2.24, 2.45) is 5.92 Å². The number of anilines is 1. The molecule has 0 saturated carbocycles. The fraction of sp³-hybridized carbons (Fsp3) is 0.111. The van der Waals surface area contributed by atoms with Crippen LogP contribution in [0.15, 0.2) is 60.8 Å². The van der Waals surface area contributed by atoms with Crippen LogP contribution in [-0.4, -0.2) is 17.0 Å². The number of nitrogens with one attached hydrogen (secondary N) is 3. The van der Waals surface area contributed by atoms with Gasteiger partial charge in [0, 0.05) is 5.70 Å². The van der Waals surface area contributed by atoms with Crippen LogP contribution >= 0.6 is 0 Å². The summed E-state index contributed by atoms with van der Waals surface area (Å²) in [6, 6.07) is 10.7. The molecule has 1 heterocycles. The Kier molecular flexibility index (Phi) is 4.38. The smallest absolute Gasteiger partial charge is 0.319 e. The van der Waals surface area contributed by atoms with Crippen molar-refractivity contribution in [3.8, 4) is 5.75 Å². The van der Waals surface area contributed by atoms with E-state index in [1.165, 1.54) is 30.3 Å². The number of amides is 3. The Hall–Kier alpha value is -3.35. The van der Waals surface area contributed by atoms with Crippen molar-refractivity contribution in [3.63, 3.8) is 0 Å². The first-order chi connectivity index (χ1) is 12.0. The fourth-order valence-electron chi connectivity index (χ4n) is 2.73. The maximum absolute atomic E-state index is 13.8. The third-order valence-electron chi connectivity index (χ3n) is 3.94. The van der Waals surface area contributed by atoms with E-state index >= 15 is 0 Å². The lowest BCUT2D eigenvalue weighted by atomic mass is 9.88. The minimum atomic E-state index is -0.859. The zero-order chi connectivity index (χ0) is 18.0. The zero-order valence-electron chi connectivity index (χ0n) is 13.1. The number of carbonyl (C=O) groups is 2. The molecule has 2 aromatic carbocycles. The van der Waals surface area contributed by atoms with Crippen LogP contribution in [0.2, 0.25) is 0 Å². The Bertz CT molecular complexity index is 836. The van der Waals surface area contributed by atoms with Crippen molar-refractivity contribution < 1.29 is 19.1 Å². The third-order valence-corrected chi connectivity index (χ3v) is 3.94. The maximum atomic E-state index is 13.8. The van der Waals surface area contributed by atoms with Crippen molar-refractivity contribution in [1.29, 1.82) is 0 Å². The second kappa shape index (κ2) is 6.64. The Morgan fingerprint density at radius 3 is 2.52 bits per heavy atom. The Morgan fingerprint density at radius 2 is 1.84 bits per heavy atom. The average molecular weight is 341 g/mol. The summed E-state index contributed by atoms with van der Waals surface area (Å²) in [6.07, 6.45) is 0. The lowest BCUT2D eigenvalue weighted by molar-refractivity contribution is -0.119. The number of hydrogen-bond acceptors (Lipinski definition) is 3. The number of benzene rings is 2. The quantitative estimate of drug-likeness (QED) is 0.692. The highest BCUT2D eigenvalue weighted by Crippen LogP contribution is 2.31. The monoisotopic (exact) mass is 341 g/mol. The van der Waals surface area contributed by atoms with Crippen LogP contribution in [0, 0.1) is 11.7 Å². The highest BCUT2D eigenvalue weighted by molar-refractivity contribution is 5.97.